The fraction of sp³-hybridized carbons (Fsp3) is 0.333. The maximum Gasteiger partial charge on any atom is 0.325 e. The van der Waals surface area contributed by atoms with Gasteiger partial charge >= 0.3 is 5.97 Å². The lowest BCUT2D eigenvalue weighted by Gasteiger charge is -2.23. The number of carbonyl (C=O) groups is 3. The molecule has 23 heavy (non-hydrogen) atoms. The Labute approximate surface area is 131 Å². The van der Waals surface area contributed by atoms with Crippen molar-refractivity contribution in [3.8, 4) is 0 Å². The van der Waals surface area contributed by atoms with Crippen molar-refractivity contribution in [3.63, 3.8) is 0 Å². The third-order valence-electron chi connectivity index (χ3n) is 3.33. The quantitative estimate of drug-likeness (QED) is 0.841. The molecule has 0 spiro atoms. The van der Waals surface area contributed by atoms with Crippen LogP contribution in [0, 0.1) is 5.82 Å². The van der Waals surface area contributed by atoms with Crippen LogP contribution in [0.1, 0.15) is 25.3 Å². The molecule has 1 aliphatic heterocycles. The minimum atomic E-state index is -1.16. The van der Waals surface area contributed by atoms with Crippen LogP contribution in [0.15, 0.2) is 29.4 Å². The first-order valence-corrected chi connectivity index (χ1v) is 7.03. The number of aliphatic carboxylic acids is 1. The van der Waals surface area contributed by atoms with Crippen molar-refractivity contribution in [2.75, 3.05) is 0 Å². The van der Waals surface area contributed by atoms with Crippen LogP contribution >= 0.6 is 0 Å². The molecule has 2 amide bonds. The summed E-state index contributed by atoms with van der Waals surface area (Å²) < 4.78 is 12.9. The summed E-state index contributed by atoms with van der Waals surface area (Å²) in [5.41, 5.74) is 0.767. The van der Waals surface area contributed by atoms with E-state index in [1.807, 2.05) is 0 Å². The van der Waals surface area contributed by atoms with E-state index in [-0.39, 0.29) is 36.8 Å². The standard InChI is InChI=1S/C15H16FN3O4/c1-9(15(22)23)17-14(21)12-6-7-13(20)19(18-12)8-10-2-4-11(16)5-3-10/h2-5,9H,6-8H2,1H3,(H,17,21)(H,22,23). The van der Waals surface area contributed by atoms with Crippen LogP contribution in [0.4, 0.5) is 4.39 Å². The molecule has 0 fully saturated rings. The number of nitrogens with zero attached hydrogens (tertiary/aromatic N) is 2. The molecular weight excluding hydrogens is 305 g/mol. The first-order valence-electron chi connectivity index (χ1n) is 7.03. The average molecular weight is 321 g/mol. The molecule has 1 aromatic rings. The highest BCUT2D eigenvalue weighted by Crippen LogP contribution is 2.14. The van der Waals surface area contributed by atoms with Crippen molar-refractivity contribution in [3.05, 3.63) is 35.6 Å². The fourth-order valence-corrected chi connectivity index (χ4v) is 1.99. The van der Waals surface area contributed by atoms with Gasteiger partial charge in [0.25, 0.3) is 5.91 Å². The molecule has 0 radical (unpaired) electrons. The molecule has 1 aliphatic rings. The number of halogens is 1. The highest BCUT2D eigenvalue weighted by atomic mass is 19.1. The molecule has 0 saturated heterocycles. The summed E-state index contributed by atoms with van der Waals surface area (Å²) in [6, 6.07) is 4.55. The molecule has 0 aromatic heterocycles. The van der Waals surface area contributed by atoms with Gasteiger partial charge in [0.05, 0.1) is 6.54 Å². The molecular formula is C15H16FN3O4. The number of nitrogens with one attached hydrogen (secondary N) is 1. The van der Waals surface area contributed by atoms with Gasteiger partial charge < -0.3 is 10.4 Å². The van der Waals surface area contributed by atoms with E-state index in [0.717, 1.165) is 5.01 Å². The Morgan fingerprint density at radius 1 is 1.35 bits per heavy atom. The van der Waals surface area contributed by atoms with E-state index in [1.54, 1.807) is 0 Å². The smallest absolute Gasteiger partial charge is 0.325 e. The van der Waals surface area contributed by atoms with Gasteiger partial charge in [0.15, 0.2) is 0 Å². The summed E-state index contributed by atoms with van der Waals surface area (Å²) in [6.45, 7) is 1.45. The van der Waals surface area contributed by atoms with E-state index in [1.165, 1.54) is 31.2 Å². The number of carbonyl (C=O) groups excluding carboxylic acids is 2. The number of hydrogen-bond donors (Lipinski definition) is 2. The summed E-state index contributed by atoms with van der Waals surface area (Å²) in [5, 5.41) is 16.2. The SMILES string of the molecule is CC(NC(=O)C1=NN(Cc2ccc(F)cc2)C(=O)CC1)C(=O)O. The van der Waals surface area contributed by atoms with Gasteiger partial charge in [-0.05, 0) is 24.6 Å². The Kier molecular flexibility index (Phi) is 5.05. The molecule has 0 saturated carbocycles. The minimum Gasteiger partial charge on any atom is -0.480 e. The second-order valence-electron chi connectivity index (χ2n) is 5.16. The van der Waals surface area contributed by atoms with Crippen molar-refractivity contribution < 1.29 is 23.9 Å². The van der Waals surface area contributed by atoms with Crippen LogP contribution in [0.3, 0.4) is 0 Å². The minimum absolute atomic E-state index is 0.0970. The Morgan fingerprint density at radius 3 is 2.61 bits per heavy atom. The zero-order chi connectivity index (χ0) is 17.0. The van der Waals surface area contributed by atoms with Gasteiger partial charge in [-0.2, -0.15) is 5.10 Å². The number of carboxylic acid groups (broad SMARTS) is 1. The lowest BCUT2D eigenvalue weighted by molar-refractivity contribution is -0.140. The Morgan fingerprint density at radius 2 is 2.00 bits per heavy atom. The second-order valence-corrected chi connectivity index (χ2v) is 5.16. The monoisotopic (exact) mass is 321 g/mol. The number of amides is 2. The Bertz CT molecular complexity index is 657. The maximum atomic E-state index is 12.9. The van der Waals surface area contributed by atoms with Gasteiger partial charge in [-0.15, -0.1) is 0 Å². The molecule has 1 unspecified atom stereocenters. The van der Waals surface area contributed by atoms with E-state index in [4.69, 9.17) is 5.11 Å². The number of hydrogen-bond acceptors (Lipinski definition) is 4. The number of rotatable bonds is 5. The van der Waals surface area contributed by atoms with Crippen LogP contribution in [-0.4, -0.2) is 39.7 Å². The lowest BCUT2D eigenvalue weighted by Crippen LogP contribution is -2.44. The second kappa shape index (κ2) is 6.99. The zero-order valence-electron chi connectivity index (χ0n) is 12.5. The third-order valence-corrected chi connectivity index (χ3v) is 3.33. The van der Waals surface area contributed by atoms with Crippen molar-refractivity contribution >= 4 is 23.5 Å². The first kappa shape index (κ1) is 16.6. The summed E-state index contributed by atoms with van der Waals surface area (Å²) in [6.07, 6.45) is 0.256. The summed E-state index contributed by atoms with van der Waals surface area (Å²) in [4.78, 5) is 34.6. The number of benzene rings is 1. The van der Waals surface area contributed by atoms with Crippen molar-refractivity contribution in [2.24, 2.45) is 5.10 Å². The molecule has 1 aromatic carbocycles. The largest absolute Gasteiger partial charge is 0.480 e. The highest BCUT2D eigenvalue weighted by Gasteiger charge is 2.26. The first-order chi connectivity index (χ1) is 10.9. The highest BCUT2D eigenvalue weighted by molar-refractivity contribution is 6.39. The molecule has 0 bridgehead atoms. The number of hydrazone groups is 1. The van der Waals surface area contributed by atoms with Gasteiger partial charge in [0.1, 0.15) is 17.6 Å². The molecule has 0 aliphatic carbocycles. The van der Waals surface area contributed by atoms with Gasteiger partial charge in [-0.1, -0.05) is 12.1 Å². The predicted molar refractivity (Wildman–Crippen MR) is 78.9 cm³/mol. The average Bonchev–Trinajstić information content (AvgIpc) is 2.51. The summed E-state index contributed by atoms with van der Waals surface area (Å²) in [7, 11) is 0. The number of carboxylic acids is 1. The molecule has 8 heteroatoms. The molecule has 7 nitrogen and oxygen atoms in total. The van der Waals surface area contributed by atoms with Crippen LogP contribution < -0.4 is 5.32 Å². The summed E-state index contributed by atoms with van der Waals surface area (Å²) >= 11 is 0. The van der Waals surface area contributed by atoms with Crippen LogP contribution in [0.2, 0.25) is 0 Å². The van der Waals surface area contributed by atoms with Gasteiger partial charge in [0, 0.05) is 12.8 Å². The van der Waals surface area contributed by atoms with E-state index >= 15 is 0 Å². The molecule has 122 valence electrons. The van der Waals surface area contributed by atoms with Crippen LogP contribution in [-0.2, 0) is 20.9 Å². The topological polar surface area (TPSA) is 99.1 Å². The molecule has 1 heterocycles. The molecule has 2 rings (SSSR count). The lowest BCUT2D eigenvalue weighted by atomic mass is 10.1. The molecule has 2 N–H and O–H groups in total. The Hall–Kier alpha value is -2.77. The maximum absolute atomic E-state index is 12.9. The van der Waals surface area contributed by atoms with Crippen LogP contribution in [0.25, 0.3) is 0 Å². The Balaban J connectivity index is 2.09. The fourth-order valence-electron chi connectivity index (χ4n) is 1.99. The normalized spacial score (nSPS) is 15.8. The van der Waals surface area contributed by atoms with Gasteiger partial charge in [0.2, 0.25) is 5.91 Å². The van der Waals surface area contributed by atoms with Gasteiger partial charge in [-0.25, -0.2) is 9.40 Å². The van der Waals surface area contributed by atoms with E-state index < -0.39 is 17.9 Å². The van der Waals surface area contributed by atoms with Crippen molar-refractivity contribution in [1.82, 2.24) is 10.3 Å². The zero-order valence-corrected chi connectivity index (χ0v) is 12.5. The van der Waals surface area contributed by atoms with E-state index in [2.05, 4.69) is 10.4 Å². The van der Waals surface area contributed by atoms with E-state index in [9.17, 15) is 18.8 Å². The van der Waals surface area contributed by atoms with Gasteiger partial charge in [-0.3, -0.25) is 14.4 Å². The van der Waals surface area contributed by atoms with Crippen LogP contribution in [0.5, 0.6) is 0 Å². The third kappa shape index (κ3) is 4.35. The summed E-state index contributed by atoms with van der Waals surface area (Å²) in [5.74, 6) is -2.41. The van der Waals surface area contributed by atoms with Crippen molar-refractivity contribution in [1.29, 1.82) is 0 Å². The van der Waals surface area contributed by atoms with E-state index in [0.29, 0.717) is 5.56 Å². The van der Waals surface area contributed by atoms with Crippen molar-refractivity contribution in [2.45, 2.75) is 32.4 Å². The predicted octanol–water partition coefficient (Wildman–Crippen LogP) is 0.893. The molecule has 1 atom stereocenters.